The van der Waals surface area contributed by atoms with Gasteiger partial charge in [0.15, 0.2) is 6.10 Å². The fraction of sp³-hybridized carbons (Fsp3) is 0.250. The minimum atomic E-state index is -0.700. The molecule has 0 saturated heterocycles. The summed E-state index contributed by atoms with van der Waals surface area (Å²) in [5.41, 5.74) is 0. The maximum absolute atomic E-state index is 11.9. The van der Waals surface area contributed by atoms with Crippen molar-refractivity contribution in [2.75, 3.05) is 6.54 Å². The monoisotopic (exact) mass is 380 g/mol. The molecule has 0 unspecified atom stereocenters. The first kappa shape index (κ1) is 17.1. The lowest BCUT2D eigenvalue weighted by Gasteiger charge is -2.14. The second-order valence-corrected chi connectivity index (χ2v) is 5.70. The molecule has 0 spiro atoms. The highest BCUT2D eigenvalue weighted by Crippen LogP contribution is 2.17. The van der Waals surface area contributed by atoms with Gasteiger partial charge in [-0.25, -0.2) is 0 Å². The Morgan fingerprint density at radius 3 is 2.61 bits per heavy atom. The summed E-state index contributed by atoms with van der Waals surface area (Å²) in [6.07, 6.45) is 0.832. The molecule has 0 aliphatic heterocycles. The van der Waals surface area contributed by atoms with E-state index in [-0.39, 0.29) is 24.9 Å². The number of furan rings is 1. The minimum Gasteiger partial charge on any atom is -0.481 e. The van der Waals surface area contributed by atoms with E-state index in [1.807, 2.05) is 12.1 Å². The van der Waals surface area contributed by atoms with Crippen LogP contribution in [-0.4, -0.2) is 24.5 Å². The quantitative estimate of drug-likeness (QED) is 0.771. The van der Waals surface area contributed by atoms with Crippen LogP contribution in [0.15, 0.2) is 51.6 Å². The van der Waals surface area contributed by atoms with Gasteiger partial charge in [0.05, 0.1) is 19.4 Å². The maximum atomic E-state index is 11.9. The lowest BCUT2D eigenvalue weighted by atomic mass is 10.3. The van der Waals surface area contributed by atoms with Gasteiger partial charge < -0.3 is 19.8 Å². The summed E-state index contributed by atoms with van der Waals surface area (Å²) in [6, 6.07) is 10.6. The number of hydrogen-bond acceptors (Lipinski definition) is 4. The van der Waals surface area contributed by atoms with Gasteiger partial charge in [0.1, 0.15) is 11.5 Å². The van der Waals surface area contributed by atoms with E-state index in [1.54, 1.807) is 31.2 Å². The van der Waals surface area contributed by atoms with E-state index < -0.39 is 6.10 Å². The van der Waals surface area contributed by atoms with E-state index in [9.17, 15) is 9.59 Å². The number of amides is 2. The van der Waals surface area contributed by atoms with Crippen LogP contribution >= 0.6 is 15.9 Å². The van der Waals surface area contributed by atoms with Crippen LogP contribution in [0.4, 0.5) is 0 Å². The zero-order valence-corrected chi connectivity index (χ0v) is 14.1. The fourth-order valence-corrected chi connectivity index (χ4v) is 2.01. The smallest absolute Gasteiger partial charge is 0.261 e. The van der Waals surface area contributed by atoms with Gasteiger partial charge >= 0.3 is 0 Å². The Labute approximate surface area is 142 Å². The van der Waals surface area contributed by atoms with Crippen LogP contribution in [0.3, 0.4) is 0 Å². The molecule has 0 aliphatic carbocycles. The predicted molar refractivity (Wildman–Crippen MR) is 87.8 cm³/mol. The Balaban J connectivity index is 1.70. The third-order valence-electron chi connectivity index (χ3n) is 2.96. The van der Waals surface area contributed by atoms with Crippen molar-refractivity contribution in [3.05, 3.63) is 52.9 Å². The van der Waals surface area contributed by atoms with Crippen LogP contribution in [0.5, 0.6) is 5.75 Å². The van der Waals surface area contributed by atoms with Crippen molar-refractivity contribution < 1.29 is 18.7 Å². The SMILES string of the molecule is C[C@H](Oc1ccc(Br)cc1)C(=O)NCC(=O)NCc1ccco1. The van der Waals surface area contributed by atoms with Crippen LogP contribution in [0, 0.1) is 0 Å². The lowest BCUT2D eigenvalue weighted by molar-refractivity contribution is -0.130. The molecule has 0 saturated carbocycles. The molecule has 0 bridgehead atoms. The summed E-state index contributed by atoms with van der Waals surface area (Å²) < 4.78 is 11.5. The molecule has 0 aliphatic rings. The van der Waals surface area contributed by atoms with E-state index in [1.165, 1.54) is 6.26 Å². The molecule has 6 nitrogen and oxygen atoms in total. The van der Waals surface area contributed by atoms with E-state index in [0.717, 1.165) is 4.47 Å². The van der Waals surface area contributed by atoms with Crippen LogP contribution in [0.25, 0.3) is 0 Å². The van der Waals surface area contributed by atoms with Gasteiger partial charge in [-0.15, -0.1) is 0 Å². The second-order valence-electron chi connectivity index (χ2n) is 4.79. The number of hydrogen-bond donors (Lipinski definition) is 2. The Hall–Kier alpha value is -2.28. The average molecular weight is 381 g/mol. The first-order valence-electron chi connectivity index (χ1n) is 7.03. The number of benzene rings is 1. The van der Waals surface area contributed by atoms with E-state index in [4.69, 9.17) is 9.15 Å². The second kappa shape index (κ2) is 8.38. The summed E-state index contributed by atoms with van der Waals surface area (Å²) >= 11 is 3.32. The standard InChI is InChI=1S/C16H17BrN2O4/c1-11(23-13-6-4-12(17)5-7-13)16(21)19-10-15(20)18-9-14-3-2-8-22-14/h2-8,11H,9-10H2,1H3,(H,18,20)(H,19,21)/t11-/m0/s1. The highest BCUT2D eigenvalue weighted by molar-refractivity contribution is 9.10. The highest BCUT2D eigenvalue weighted by Gasteiger charge is 2.15. The molecule has 2 rings (SSSR count). The fourth-order valence-electron chi connectivity index (χ4n) is 1.74. The zero-order chi connectivity index (χ0) is 16.7. The molecule has 7 heteroatoms. The summed E-state index contributed by atoms with van der Waals surface area (Å²) in [6.45, 7) is 1.79. The van der Waals surface area contributed by atoms with E-state index in [0.29, 0.717) is 11.5 Å². The molecule has 1 aromatic carbocycles. The summed E-state index contributed by atoms with van der Waals surface area (Å²) in [7, 11) is 0. The Morgan fingerprint density at radius 1 is 1.22 bits per heavy atom. The Kier molecular flexibility index (Phi) is 6.22. The van der Waals surface area contributed by atoms with Gasteiger partial charge in [0.2, 0.25) is 5.91 Å². The number of carbonyl (C=O) groups is 2. The topological polar surface area (TPSA) is 80.6 Å². The summed E-state index contributed by atoms with van der Waals surface area (Å²) in [5, 5.41) is 5.17. The molecule has 1 atom stereocenters. The van der Waals surface area contributed by atoms with Gasteiger partial charge in [0, 0.05) is 4.47 Å². The van der Waals surface area contributed by atoms with Gasteiger partial charge in [-0.1, -0.05) is 15.9 Å². The van der Waals surface area contributed by atoms with Gasteiger partial charge in [-0.05, 0) is 43.3 Å². The van der Waals surface area contributed by atoms with Gasteiger partial charge in [0.25, 0.3) is 5.91 Å². The third-order valence-corrected chi connectivity index (χ3v) is 3.49. The maximum Gasteiger partial charge on any atom is 0.261 e. The van der Waals surface area contributed by atoms with Crippen molar-refractivity contribution in [3.8, 4) is 5.75 Å². The normalized spacial score (nSPS) is 11.6. The molecule has 122 valence electrons. The van der Waals surface area contributed by atoms with Crippen molar-refractivity contribution in [1.29, 1.82) is 0 Å². The van der Waals surface area contributed by atoms with Crippen molar-refractivity contribution in [2.24, 2.45) is 0 Å². The first-order chi connectivity index (χ1) is 11.0. The molecular formula is C16H17BrN2O4. The molecule has 23 heavy (non-hydrogen) atoms. The highest BCUT2D eigenvalue weighted by atomic mass is 79.9. The Morgan fingerprint density at radius 2 is 1.96 bits per heavy atom. The number of rotatable bonds is 7. The molecule has 0 fully saturated rings. The van der Waals surface area contributed by atoms with Crippen molar-refractivity contribution in [2.45, 2.75) is 19.6 Å². The largest absolute Gasteiger partial charge is 0.481 e. The predicted octanol–water partition coefficient (Wildman–Crippen LogP) is 2.24. The molecule has 2 N–H and O–H groups in total. The number of carbonyl (C=O) groups excluding carboxylic acids is 2. The number of ether oxygens (including phenoxy) is 1. The van der Waals surface area contributed by atoms with Gasteiger partial charge in [-0.3, -0.25) is 9.59 Å². The van der Waals surface area contributed by atoms with Crippen molar-refractivity contribution in [1.82, 2.24) is 10.6 Å². The molecular weight excluding hydrogens is 364 g/mol. The molecule has 1 aromatic heterocycles. The number of nitrogens with one attached hydrogen (secondary N) is 2. The molecule has 2 amide bonds. The molecule has 1 heterocycles. The van der Waals surface area contributed by atoms with E-state index >= 15 is 0 Å². The zero-order valence-electron chi connectivity index (χ0n) is 12.5. The molecule has 0 radical (unpaired) electrons. The van der Waals surface area contributed by atoms with Crippen LogP contribution in [-0.2, 0) is 16.1 Å². The minimum absolute atomic E-state index is 0.117. The van der Waals surface area contributed by atoms with Crippen LogP contribution < -0.4 is 15.4 Å². The lowest BCUT2D eigenvalue weighted by Crippen LogP contribution is -2.42. The molecule has 2 aromatic rings. The third kappa shape index (κ3) is 5.78. The van der Waals surface area contributed by atoms with Crippen molar-refractivity contribution in [3.63, 3.8) is 0 Å². The van der Waals surface area contributed by atoms with Gasteiger partial charge in [-0.2, -0.15) is 0 Å². The average Bonchev–Trinajstić information content (AvgIpc) is 3.06. The van der Waals surface area contributed by atoms with E-state index in [2.05, 4.69) is 26.6 Å². The Bertz CT molecular complexity index is 641. The first-order valence-corrected chi connectivity index (χ1v) is 7.83. The van der Waals surface area contributed by atoms with Crippen LogP contribution in [0.2, 0.25) is 0 Å². The summed E-state index contributed by atoms with van der Waals surface area (Å²) in [4.78, 5) is 23.6. The summed E-state index contributed by atoms with van der Waals surface area (Å²) in [5.74, 6) is 0.571. The number of halogens is 1. The van der Waals surface area contributed by atoms with Crippen LogP contribution in [0.1, 0.15) is 12.7 Å². The van der Waals surface area contributed by atoms with Crippen molar-refractivity contribution >= 4 is 27.7 Å².